The molecule has 0 bridgehead atoms. The van der Waals surface area contributed by atoms with Crippen molar-refractivity contribution < 1.29 is 36.6 Å². The summed E-state index contributed by atoms with van der Waals surface area (Å²) in [7, 11) is -4.43. The summed E-state index contributed by atoms with van der Waals surface area (Å²) in [6.07, 6.45) is 5.57. The van der Waals surface area contributed by atoms with Crippen molar-refractivity contribution in [2.75, 3.05) is 80.6 Å². The zero-order chi connectivity index (χ0) is 44.3. The molecule has 62 heavy (non-hydrogen) atoms. The molecule has 6 rings (SSSR count). The minimum absolute atomic E-state index is 0.0471. The Labute approximate surface area is 370 Å². The number of anilines is 2. The summed E-state index contributed by atoms with van der Waals surface area (Å²) < 4.78 is 54.0. The number of alkyl halides is 1. The van der Waals surface area contributed by atoms with E-state index in [0.717, 1.165) is 54.5 Å². The highest BCUT2D eigenvalue weighted by atomic mass is 35.5. The Morgan fingerprint density at radius 2 is 1.45 bits per heavy atom. The van der Waals surface area contributed by atoms with Crippen molar-refractivity contribution >= 4 is 61.5 Å². The molecular weight excluding hydrogens is 832 g/mol. The Bertz CT molecular complexity index is 2400. The third-order valence-corrected chi connectivity index (χ3v) is 13.5. The first-order chi connectivity index (χ1) is 30.0. The largest absolute Gasteiger partial charge is 0.456 e. The maximum Gasteiger partial charge on any atom is 0.347 e. The molecule has 3 aromatic carbocycles. The maximum atomic E-state index is 14.7. The van der Waals surface area contributed by atoms with Gasteiger partial charge in [0.2, 0.25) is 15.9 Å². The number of nitrogens with zero attached hydrogens (tertiary/aromatic N) is 3. The second-order valence-electron chi connectivity index (χ2n) is 15.3. The number of halogens is 1. The number of fused-ring (bicyclic) bond motifs is 5. The number of hydrogen-bond acceptors (Lipinski definition) is 11. The third-order valence-electron chi connectivity index (χ3n) is 11.4. The zero-order valence-corrected chi connectivity index (χ0v) is 37.8. The normalized spacial score (nSPS) is 15.7. The summed E-state index contributed by atoms with van der Waals surface area (Å²) in [4.78, 5) is 45.6. The van der Waals surface area contributed by atoms with Gasteiger partial charge in [0, 0.05) is 97.2 Å². The van der Waals surface area contributed by atoms with Crippen molar-refractivity contribution in [1.82, 2.24) is 9.62 Å². The summed E-state index contributed by atoms with van der Waals surface area (Å²) in [6.45, 7) is 13.2. The van der Waals surface area contributed by atoms with Crippen molar-refractivity contribution in [1.29, 1.82) is 0 Å². The number of amides is 2. The molecule has 2 aliphatic rings. The van der Waals surface area contributed by atoms with E-state index in [1.165, 1.54) is 0 Å². The predicted octanol–water partition coefficient (Wildman–Crippen LogP) is 7.68. The molecule has 2 aliphatic heterocycles. The topological polar surface area (TPSA) is 148 Å². The average molecular weight is 892 g/mol. The standard InChI is InChI=1S/C47H59ClN4O9S/c1-5-50(6-2)35-20-19-34-30-38(46(55)61-41(34)31-35)43-33-47(40-22-21-36(32-42(40)60-43)51(7-3)8-4)39-17-12-11-16-37(39)45(54)52(47)62(56,57)29-15-18-44(53)49-24-26-59-28-27-58-25-14-10-9-13-23-48/h11-12,16-17,19-22,30-33H,5-10,13-15,18,23-29H2,1-4H3,(H,49,53). The minimum atomic E-state index is -4.43. The van der Waals surface area contributed by atoms with Gasteiger partial charge in [-0.25, -0.2) is 17.5 Å². The van der Waals surface area contributed by atoms with Gasteiger partial charge >= 0.3 is 5.63 Å². The van der Waals surface area contributed by atoms with Gasteiger partial charge in [-0.2, -0.15) is 0 Å². The van der Waals surface area contributed by atoms with E-state index in [0.29, 0.717) is 66.6 Å². The number of carbonyl (C=O) groups is 2. The van der Waals surface area contributed by atoms with Crippen LogP contribution >= 0.6 is 11.6 Å². The Morgan fingerprint density at radius 3 is 2.18 bits per heavy atom. The summed E-state index contributed by atoms with van der Waals surface area (Å²) in [5.41, 5.74) is 0.818. The van der Waals surface area contributed by atoms with Gasteiger partial charge in [-0.3, -0.25) is 9.59 Å². The van der Waals surface area contributed by atoms with E-state index in [1.807, 2.05) is 44.2 Å². The van der Waals surface area contributed by atoms with Crippen LogP contribution in [0.3, 0.4) is 0 Å². The highest BCUT2D eigenvalue weighted by Crippen LogP contribution is 2.54. The van der Waals surface area contributed by atoms with E-state index in [2.05, 4.69) is 29.0 Å². The Morgan fingerprint density at radius 1 is 0.774 bits per heavy atom. The molecule has 0 radical (unpaired) electrons. The van der Waals surface area contributed by atoms with Crippen LogP contribution in [0.5, 0.6) is 5.75 Å². The number of carbonyl (C=O) groups excluding carboxylic acids is 2. The third kappa shape index (κ3) is 10.1. The SMILES string of the molecule is CCN(CC)c1ccc2c(c1)OC(c1cc3ccc(N(CC)CC)cc3oc1=O)=CC21c2ccccc2C(=O)N1S(=O)(=O)CCCC(=O)NCCOCCOCCCCCCCl. The second kappa shape index (κ2) is 21.5. The molecule has 15 heteroatoms. The van der Waals surface area contributed by atoms with Crippen LogP contribution in [-0.2, 0) is 29.8 Å². The number of nitrogens with one attached hydrogen (secondary N) is 1. The lowest BCUT2D eigenvalue weighted by atomic mass is 9.80. The molecule has 334 valence electrons. The molecule has 1 aromatic heterocycles. The van der Waals surface area contributed by atoms with Gasteiger partial charge in [0.25, 0.3) is 5.91 Å². The fraction of sp³-hybridized carbons (Fsp3) is 0.468. The monoisotopic (exact) mass is 890 g/mol. The van der Waals surface area contributed by atoms with Gasteiger partial charge in [0.15, 0.2) is 0 Å². The van der Waals surface area contributed by atoms with Gasteiger partial charge in [-0.1, -0.05) is 37.1 Å². The molecule has 13 nitrogen and oxygen atoms in total. The van der Waals surface area contributed by atoms with Crippen molar-refractivity contribution in [3.05, 3.63) is 105 Å². The number of hydrogen-bond donors (Lipinski definition) is 1. The Hall–Kier alpha value is -4.89. The zero-order valence-electron chi connectivity index (χ0n) is 36.3. The van der Waals surface area contributed by atoms with Gasteiger partial charge in [0.1, 0.15) is 28.2 Å². The second-order valence-corrected chi connectivity index (χ2v) is 17.6. The van der Waals surface area contributed by atoms with Crippen LogP contribution in [0, 0.1) is 0 Å². The molecule has 0 aliphatic carbocycles. The van der Waals surface area contributed by atoms with Crippen LogP contribution in [0.1, 0.15) is 93.3 Å². The van der Waals surface area contributed by atoms with Crippen LogP contribution in [-0.4, -0.2) is 95.3 Å². The van der Waals surface area contributed by atoms with Crippen molar-refractivity contribution in [2.24, 2.45) is 0 Å². The minimum Gasteiger partial charge on any atom is -0.456 e. The Kier molecular flexibility index (Phi) is 16.1. The van der Waals surface area contributed by atoms with E-state index in [1.54, 1.807) is 42.5 Å². The number of unbranched alkanes of at least 4 members (excludes halogenated alkanes) is 3. The lowest BCUT2D eigenvalue weighted by molar-refractivity contribution is -0.121. The van der Waals surface area contributed by atoms with E-state index < -0.39 is 32.8 Å². The van der Waals surface area contributed by atoms with E-state index in [4.69, 9.17) is 30.2 Å². The van der Waals surface area contributed by atoms with E-state index in [9.17, 15) is 22.8 Å². The molecule has 1 spiro atoms. The van der Waals surface area contributed by atoms with Gasteiger partial charge in [0.05, 0.1) is 25.6 Å². The summed E-state index contributed by atoms with van der Waals surface area (Å²) in [5.74, 6) is -0.530. The molecule has 2 amide bonds. The quantitative estimate of drug-likeness (QED) is 0.0420. The fourth-order valence-electron chi connectivity index (χ4n) is 8.25. The molecule has 0 saturated heterocycles. The van der Waals surface area contributed by atoms with Gasteiger partial charge < -0.3 is 33.7 Å². The van der Waals surface area contributed by atoms with E-state index >= 15 is 0 Å². The lowest BCUT2D eigenvalue weighted by Gasteiger charge is -2.40. The highest BCUT2D eigenvalue weighted by Gasteiger charge is 2.57. The molecule has 0 fully saturated rings. The molecule has 1 atom stereocenters. The van der Waals surface area contributed by atoms with Crippen molar-refractivity contribution in [2.45, 2.75) is 71.8 Å². The molecule has 1 unspecified atom stereocenters. The van der Waals surface area contributed by atoms with Gasteiger partial charge in [-0.15, -0.1) is 11.6 Å². The summed E-state index contributed by atoms with van der Waals surface area (Å²) >= 11 is 5.71. The molecule has 1 N–H and O–H groups in total. The number of benzene rings is 3. The summed E-state index contributed by atoms with van der Waals surface area (Å²) in [5, 5.41) is 3.42. The molecule has 4 aromatic rings. The number of sulfonamides is 1. The van der Waals surface area contributed by atoms with Crippen LogP contribution in [0.2, 0.25) is 0 Å². The molecule has 0 saturated carbocycles. The number of ether oxygens (including phenoxy) is 3. The van der Waals surface area contributed by atoms with Crippen molar-refractivity contribution in [3.63, 3.8) is 0 Å². The van der Waals surface area contributed by atoms with Crippen molar-refractivity contribution in [3.8, 4) is 5.75 Å². The lowest BCUT2D eigenvalue weighted by Crippen LogP contribution is -2.49. The number of rotatable bonds is 24. The average Bonchev–Trinajstić information content (AvgIpc) is 3.52. The maximum absolute atomic E-state index is 14.7. The predicted molar refractivity (Wildman–Crippen MR) is 245 cm³/mol. The summed E-state index contributed by atoms with van der Waals surface area (Å²) in [6, 6.07) is 19.6. The van der Waals surface area contributed by atoms with Crippen LogP contribution in [0.25, 0.3) is 16.7 Å². The first kappa shape index (κ1) is 46.6. The van der Waals surface area contributed by atoms with Gasteiger partial charge in [-0.05, 0) is 83.4 Å². The molecule has 3 heterocycles. The van der Waals surface area contributed by atoms with E-state index in [-0.39, 0.29) is 48.8 Å². The van der Waals surface area contributed by atoms with Crippen LogP contribution < -0.4 is 25.5 Å². The first-order valence-corrected chi connectivity index (χ1v) is 24.0. The molecular formula is C47H59ClN4O9S. The highest BCUT2D eigenvalue weighted by molar-refractivity contribution is 7.89. The van der Waals surface area contributed by atoms with Crippen LogP contribution in [0.15, 0.2) is 82.0 Å². The smallest absolute Gasteiger partial charge is 0.347 e. The van der Waals surface area contributed by atoms with Crippen LogP contribution in [0.4, 0.5) is 11.4 Å². The first-order valence-electron chi connectivity index (χ1n) is 21.8. The Balaban J connectivity index is 1.27. The fourth-order valence-corrected chi connectivity index (χ4v) is 10.2.